The number of aryl methyl sites for hydroxylation is 2. The Morgan fingerprint density at radius 3 is 2.39 bits per heavy atom. The van der Waals surface area contributed by atoms with E-state index in [0.717, 1.165) is 38.3 Å². The molecule has 23 heavy (non-hydrogen) atoms. The minimum absolute atomic E-state index is 0.593. The van der Waals surface area contributed by atoms with Gasteiger partial charge in [-0.15, -0.1) is 0 Å². The standard InChI is InChI=1S/C19H29N3O/c1-16-20-11-12-22(16)14-13-21(4)15-18-7-5-17(6-8-18)9-10-19(2,3)23/h5-8,11-12,23H,9-10,13-15H2,1-4H3. The van der Waals surface area contributed by atoms with E-state index in [-0.39, 0.29) is 0 Å². The van der Waals surface area contributed by atoms with Crippen molar-refractivity contribution in [3.05, 3.63) is 53.6 Å². The Morgan fingerprint density at radius 1 is 1.17 bits per heavy atom. The number of hydrogen-bond acceptors (Lipinski definition) is 3. The monoisotopic (exact) mass is 315 g/mol. The Kier molecular flexibility index (Phi) is 5.97. The molecular weight excluding hydrogens is 286 g/mol. The summed E-state index contributed by atoms with van der Waals surface area (Å²) in [5, 5.41) is 9.80. The van der Waals surface area contributed by atoms with Gasteiger partial charge in [-0.2, -0.15) is 0 Å². The maximum absolute atomic E-state index is 9.80. The summed E-state index contributed by atoms with van der Waals surface area (Å²) in [6, 6.07) is 8.74. The largest absolute Gasteiger partial charge is 0.390 e. The molecule has 126 valence electrons. The van der Waals surface area contributed by atoms with E-state index in [1.807, 2.05) is 33.2 Å². The van der Waals surface area contributed by atoms with E-state index in [9.17, 15) is 5.11 Å². The van der Waals surface area contributed by atoms with Gasteiger partial charge in [0.05, 0.1) is 5.60 Å². The van der Waals surface area contributed by atoms with Crippen molar-refractivity contribution < 1.29 is 5.11 Å². The molecule has 0 radical (unpaired) electrons. The molecule has 4 nitrogen and oxygen atoms in total. The molecule has 0 aliphatic rings. The Balaban J connectivity index is 1.79. The van der Waals surface area contributed by atoms with Crippen molar-refractivity contribution in [3.8, 4) is 0 Å². The van der Waals surface area contributed by atoms with Gasteiger partial charge < -0.3 is 14.6 Å². The second-order valence-electron chi connectivity index (χ2n) is 7.03. The first kappa shape index (κ1) is 17.7. The average Bonchev–Trinajstić information content (AvgIpc) is 2.89. The highest BCUT2D eigenvalue weighted by molar-refractivity contribution is 5.22. The van der Waals surface area contributed by atoms with Crippen LogP contribution in [-0.2, 0) is 19.5 Å². The molecule has 2 aromatic rings. The maximum atomic E-state index is 9.80. The topological polar surface area (TPSA) is 41.3 Å². The first-order valence-corrected chi connectivity index (χ1v) is 8.30. The van der Waals surface area contributed by atoms with Crippen molar-refractivity contribution in [3.63, 3.8) is 0 Å². The molecule has 0 unspecified atom stereocenters. The number of imidazole rings is 1. The molecule has 0 fully saturated rings. The van der Waals surface area contributed by atoms with E-state index >= 15 is 0 Å². The van der Waals surface area contributed by atoms with Gasteiger partial charge in [0.25, 0.3) is 0 Å². The van der Waals surface area contributed by atoms with Crippen LogP contribution in [0.25, 0.3) is 0 Å². The molecule has 0 bridgehead atoms. The Hall–Kier alpha value is -1.65. The third-order valence-corrected chi connectivity index (χ3v) is 4.15. The van der Waals surface area contributed by atoms with E-state index in [1.54, 1.807) is 0 Å². The molecule has 0 aliphatic heterocycles. The van der Waals surface area contributed by atoms with Crippen LogP contribution in [0.3, 0.4) is 0 Å². The number of benzene rings is 1. The number of hydrogen-bond donors (Lipinski definition) is 1. The smallest absolute Gasteiger partial charge is 0.105 e. The third kappa shape index (κ3) is 6.16. The number of aromatic nitrogens is 2. The zero-order chi connectivity index (χ0) is 16.9. The van der Waals surface area contributed by atoms with Crippen molar-refractivity contribution in [2.24, 2.45) is 0 Å². The van der Waals surface area contributed by atoms with Gasteiger partial charge in [-0.05, 0) is 51.8 Å². The lowest BCUT2D eigenvalue weighted by Gasteiger charge is -2.18. The summed E-state index contributed by atoms with van der Waals surface area (Å²) < 4.78 is 2.18. The van der Waals surface area contributed by atoms with Crippen molar-refractivity contribution in [2.75, 3.05) is 13.6 Å². The zero-order valence-corrected chi connectivity index (χ0v) is 14.8. The lowest BCUT2D eigenvalue weighted by atomic mass is 9.98. The molecule has 0 atom stereocenters. The molecule has 1 aromatic heterocycles. The Labute approximate surface area is 139 Å². The summed E-state index contributed by atoms with van der Waals surface area (Å²) in [7, 11) is 2.15. The van der Waals surface area contributed by atoms with Crippen LogP contribution in [0.1, 0.15) is 37.2 Å². The van der Waals surface area contributed by atoms with Crippen molar-refractivity contribution in [1.82, 2.24) is 14.5 Å². The highest BCUT2D eigenvalue weighted by Crippen LogP contribution is 2.14. The number of nitrogens with zero attached hydrogens (tertiary/aromatic N) is 3. The fourth-order valence-electron chi connectivity index (χ4n) is 2.57. The van der Waals surface area contributed by atoms with Gasteiger partial charge in [0, 0.05) is 32.0 Å². The summed E-state index contributed by atoms with van der Waals surface area (Å²) in [5.74, 6) is 1.06. The van der Waals surface area contributed by atoms with Crippen LogP contribution in [0, 0.1) is 6.92 Å². The number of likely N-dealkylation sites (N-methyl/N-ethyl adjacent to an activating group) is 1. The van der Waals surface area contributed by atoms with Gasteiger partial charge in [0.15, 0.2) is 0 Å². The highest BCUT2D eigenvalue weighted by atomic mass is 16.3. The van der Waals surface area contributed by atoms with E-state index in [4.69, 9.17) is 0 Å². The van der Waals surface area contributed by atoms with Gasteiger partial charge in [-0.1, -0.05) is 24.3 Å². The highest BCUT2D eigenvalue weighted by Gasteiger charge is 2.12. The fraction of sp³-hybridized carbons (Fsp3) is 0.526. The summed E-state index contributed by atoms with van der Waals surface area (Å²) in [6.07, 6.45) is 5.58. The first-order chi connectivity index (χ1) is 10.8. The predicted molar refractivity (Wildman–Crippen MR) is 94.4 cm³/mol. The van der Waals surface area contributed by atoms with Crippen LogP contribution < -0.4 is 0 Å². The van der Waals surface area contributed by atoms with E-state index in [2.05, 4.69) is 45.8 Å². The molecule has 2 rings (SSSR count). The molecular formula is C19H29N3O. The molecule has 0 aliphatic carbocycles. The van der Waals surface area contributed by atoms with Crippen LogP contribution in [0.2, 0.25) is 0 Å². The Morgan fingerprint density at radius 2 is 1.83 bits per heavy atom. The second-order valence-corrected chi connectivity index (χ2v) is 7.03. The SMILES string of the molecule is Cc1nccn1CCN(C)Cc1ccc(CCC(C)(C)O)cc1. The summed E-state index contributed by atoms with van der Waals surface area (Å²) >= 11 is 0. The van der Waals surface area contributed by atoms with Gasteiger partial charge in [-0.3, -0.25) is 0 Å². The average molecular weight is 315 g/mol. The van der Waals surface area contributed by atoms with Gasteiger partial charge in [0.1, 0.15) is 5.82 Å². The normalized spacial score (nSPS) is 12.1. The van der Waals surface area contributed by atoms with Crippen LogP contribution in [0.5, 0.6) is 0 Å². The van der Waals surface area contributed by atoms with Crippen LogP contribution >= 0.6 is 0 Å². The van der Waals surface area contributed by atoms with Gasteiger partial charge in [-0.25, -0.2) is 4.98 Å². The number of aliphatic hydroxyl groups is 1. The predicted octanol–water partition coefficient (Wildman–Crippen LogP) is 3.03. The lowest BCUT2D eigenvalue weighted by Crippen LogP contribution is -2.23. The van der Waals surface area contributed by atoms with Crippen LogP contribution in [0.15, 0.2) is 36.7 Å². The van der Waals surface area contributed by atoms with Crippen molar-refractivity contribution in [2.45, 2.75) is 52.3 Å². The second kappa shape index (κ2) is 7.75. The molecule has 0 saturated carbocycles. The molecule has 0 spiro atoms. The van der Waals surface area contributed by atoms with Crippen molar-refractivity contribution in [1.29, 1.82) is 0 Å². The quantitative estimate of drug-likeness (QED) is 0.814. The minimum Gasteiger partial charge on any atom is -0.390 e. The zero-order valence-electron chi connectivity index (χ0n) is 14.8. The summed E-state index contributed by atoms with van der Waals surface area (Å²) in [6.45, 7) is 8.66. The van der Waals surface area contributed by atoms with Gasteiger partial charge >= 0.3 is 0 Å². The first-order valence-electron chi connectivity index (χ1n) is 8.30. The number of rotatable bonds is 8. The molecule has 0 saturated heterocycles. The van der Waals surface area contributed by atoms with Crippen LogP contribution in [-0.4, -0.2) is 38.8 Å². The fourth-order valence-corrected chi connectivity index (χ4v) is 2.57. The van der Waals surface area contributed by atoms with Crippen LogP contribution in [0.4, 0.5) is 0 Å². The van der Waals surface area contributed by atoms with Gasteiger partial charge in [0.2, 0.25) is 0 Å². The molecule has 0 amide bonds. The Bertz CT molecular complexity index is 596. The molecule has 1 heterocycles. The summed E-state index contributed by atoms with van der Waals surface area (Å²) in [4.78, 5) is 6.57. The lowest BCUT2D eigenvalue weighted by molar-refractivity contribution is 0.0714. The summed E-state index contributed by atoms with van der Waals surface area (Å²) in [5.41, 5.74) is 2.01. The van der Waals surface area contributed by atoms with E-state index < -0.39 is 5.60 Å². The molecule has 1 N–H and O–H groups in total. The molecule has 4 heteroatoms. The molecule has 1 aromatic carbocycles. The maximum Gasteiger partial charge on any atom is 0.105 e. The minimum atomic E-state index is -0.593. The van der Waals surface area contributed by atoms with Crippen molar-refractivity contribution >= 4 is 0 Å². The van der Waals surface area contributed by atoms with E-state index in [0.29, 0.717) is 0 Å². The van der Waals surface area contributed by atoms with E-state index in [1.165, 1.54) is 11.1 Å². The third-order valence-electron chi connectivity index (χ3n) is 4.15.